The Morgan fingerprint density at radius 3 is 2.76 bits per heavy atom. The Bertz CT molecular complexity index is 1000. The Labute approximate surface area is 172 Å². The van der Waals surface area contributed by atoms with Crippen LogP contribution in [0.15, 0.2) is 42.6 Å². The lowest BCUT2D eigenvalue weighted by Crippen LogP contribution is -2.36. The number of carbonyl (C=O) groups is 1. The fraction of sp³-hybridized carbons (Fsp3) is 0.286. The molecule has 1 N–H and O–H groups in total. The zero-order valence-electron chi connectivity index (χ0n) is 16.0. The quantitative estimate of drug-likeness (QED) is 0.696. The molecule has 1 amide bonds. The molecule has 0 spiro atoms. The van der Waals surface area contributed by atoms with Crippen molar-refractivity contribution >= 4 is 23.1 Å². The van der Waals surface area contributed by atoms with Crippen LogP contribution in [-0.2, 0) is 11.3 Å². The van der Waals surface area contributed by atoms with Gasteiger partial charge in [0.05, 0.1) is 18.9 Å². The van der Waals surface area contributed by atoms with Crippen molar-refractivity contribution in [1.82, 2.24) is 15.3 Å². The number of morpholine rings is 1. The second kappa shape index (κ2) is 8.67. The molecular formula is C21H21FN4O2S. The lowest BCUT2D eigenvalue weighted by atomic mass is 10.2. The number of ether oxygens (including phenoxy) is 1. The molecule has 1 aliphatic heterocycles. The van der Waals surface area contributed by atoms with Gasteiger partial charge in [-0.15, -0.1) is 11.3 Å². The number of benzene rings is 1. The number of aryl methyl sites for hydroxylation is 1. The van der Waals surface area contributed by atoms with Crippen molar-refractivity contribution in [2.75, 3.05) is 31.2 Å². The molecule has 2 aromatic heterocycles. The highest BCUT2D eigenvalue weighted by Crippen LogP contribution is 2.28. The molecule has 1 fully saturated rings. The number of halogens is 1. The number of carbonyl (C=O) groups excluding carboxylic acids is 1. The smallest absolute Gasteiger partial charge is 0.263 e. The van der Waals surface area contributed by atoms with Crippen molar-refractivity contribution in [1.29, 1.82) is 0 Å². The maximum Gasteiger partial charge on any atom is 0.263 e. The number of nitrogens with one attached hydrogen (secondary N) is 1. The van der Waals surface area contributed by atoms with Crippen molar-refractivity contribution in [2.45, 2.75) is 13.5 Å². The van der Waals surface area contributed by atoms with Crippen molar-refractivity contribution < 1.29 is 13.9 Å². The van der Waals surface area contributed by atoms with Crippen LogP contribution < -0.4 is 10.2 Å². The molecule has 0 atom stereocenters. The van der Waals surface area contributed by atoms with Gasteiger partial charge in [0, 0.05) is 31.4 Å². The third-order valence-electron chi connectivity index (χ3n) is 4.69. The van der Waals surface area contributed by atoms with Crippen LogP contribution in [0.4, 0.5) is 10.2 Å². The maximum atomic E-state index is 13.1. The zero-order chi connectivity index (χ0) is 20.2. The van der Waals surface area contributed by atoms with Gasteiger partial charge in [-0.05, 0) is 48.9 Å². The Morgan fingerprint density at radius 1 is 1.24 bits per heavy atom. The van der Waals surface area contributed by atoms with Crippen molar-refractivity contribution in [3.05, 3.63) is 64.5 Å². The second-order valence-corrected chi connectivity index (χ2v) is 7.74. The molecule has 0 bridgehead atoms. The summed E-state index contributed by atoms with van der Waals surface area (Å²) in [5.41, 5.74) is 2.44. The van der Waals surface area contributed by atoms with E-state index in [0.717, 1.165) is 30.0 Å². The predicted molar refractivity (Wildman–Crippen MR) is 111 cm³/mol. The fourth-order valence-corrected chi connectivity index (χ4v) is 4.11. The third-order valence-corrected chi connectivity index (χ3v) is 5.90. The van der Waals surface area contributed by atoms with Gasteiger partial charge < -0.3 is 15.0 Å². The summed E-state index contributed by atoms with van der Waals surface area (Å²) in [5, 5.41) is 3.66. The minimum atomic E-state index is -0.297. The first kappa shape index (κ1) is 19.5. The van der Waals surface area contributed by atoms with E-state index in [2.05, 4.69) is 20.2 Å². The van der Waals surface area contributed by atoms with E-state index in [4.69, 9.17) is 4.74 Å². The van der Waals surface area contributed by atoms with Crippen LogP contribution in [0.3, 0.4) is 0 Å². The van der Waals surface area contributed by atoms with Gasteiger partial charge in [-0.25, -0.2) is 14.4 Å². The van der Waals surface area contributed by atoms with Gasteiger partial charge in [0.25, 0.3) is 5.91 Å². The van der Waals surface area contributed by atoms with E-state index in [1.165, 1.54) is 23.5 Å². The Kier molecular flexibility index (Phi) is 5.82. The highest BCUT2D eigenvalue weighted by Gasteiger charge is 2.17. The number of aromatic nitrogens is 2. The number of rotatable bonds is 5. The topological polar surface area (TPSA) is 67.4 Å². The summed E-state index contributed by atoms with van der Waals surface area (Å²) in [6.07, 6.45) is 1.76. The molecule has 1 aliphatic rings. The van der Waals surface area contributed by atoms with E-state index in [-0.39, 0.29) is 11.7 Å². The van der Waals surface area contributed by atoms with Crippen LogP contribution in [-0.4, -0.2) is 42.2 Å². The van der Waals surface area contributed by atoms with E-state index in [9.17, 15) is 9.18 Å². The number of hydrogen-bond donors (Lipinski definition) is 1. The minimum absolute atomic E-state index is 0.168. The minimum Gasteiger partial charge on any atom is -0.378 e. The molecule has 0 aliphatic carbocycles. The normalized spacial score (nSPS) is 14.1. The van der Waals surface area contributed by atoms with E-state index in [0.29, 0.717) is 35.3 Å². The van der Waals surface area contributed by atoms with Crippen LogP contribution >= 0.6 is 11.3 Å². The molecule has 3 aromatic rings. The SMILES string of the molecule is Cc1nc(-c2ccc(F)cc2)sc1C(=O)NCc1ccnc(N2CCOCC2)c1. The number of nitrogens with zero attached hydrogens (tertiary/aromatic N) is 3. The maximum absolute atomic E-state index is 13.1. The first-order valence-corrected chi connectivity index (χ1v) is 10.2. The molecule has 3 heterocycles. The molecule has 4 rings (SSSR count). The summed E-state index contributed by atoms with van der Waals surface area (Å²) in [5.74, 6) is 0.430. The van der Waals surface area contributed by atoms with Gasteiger partial charge in [-0.3, -0.25) is 4.79 Å². The second-order valence-electron chi connectivity index (χ2n) is 6.74. The van der Waals surface area contributed by atoms with E-state index < -0.39 is 0 Å². The van der Waals surface area contributed by atoms with Gasteiger partial charge in [0.2, 0.25) is 0 Å². The molecule has 8 heteroatoms. The Morgan fingerprint density at radius 2 is 2.00 bits per heavy atom. The highest BCUT2D eigenvalue weighted by molar-refractivity contribution is 7.17. The molecule has 1 saturated heterocycles. The van der Waals surface area contributed by atoms with E-state index in [1.807, 2.05) is 12.1 Å². The zero-order valence-corrected chi connectivity index (χ0v) is 16.8. The average Bonchev–Trinajstić information content (AvgIpc) is 3.15. The standard InChI is InChI=1S/C21H21FN4O2S/c1-14-19(29-21(25-14)16-2-4-17(22)5-3-16)20(27)24-13-15-6-7-23-18(12-15)26-8-10-28-11-9-26/h2-7,12H,8-11,13H2,1H3,(H,24,27). The summed E-state index contributed by atoms with van der Waals surface area (Å²) in [6, 6.07) is 10.0. The summed E-state index contributed by atoms with van der Waals surface area (Å²) >= 11 is 1.31. The monoisotopic (exact) mass is 412 g/mol. The van der Waals surface area contributed by atoms with Gasteiger partial charge in [-0.1, -0.05) is 0 Å². The summed E-state index contributed by atoms with van der Waals surface area (Å²) in [6.45, 7) is 5.24. The van der Waals surface area contributed by atoms with Crippen LogP contribution in [0.25, 0.3) is 10.6 Å². The lowest BCUT2D eigenvalue weighted by molar-refractivity contribution is 0.0954. The highest BCUT2D eigenvalue weighted by atomic mass is 32.1. The van der Waals surface area contributed by atoms with Crippen LogP contribution in [0, 0.1) is 12.7 Å². The molecule has 6 nitrogen and oxygen atoms in total. The van der Waals surface area contributed by atoms with Crippen LogP contribution in [0.2, 0.25) is 0 Å². The third kappa shape index (κ3) is 4.60. The summed E-state index contributed by atoms with van der Waals surface area (Å²) in [7, 11) is 0. The van der Waals surface area contributed by atoms with Crippen molar-refractivity contribution in [2.24, 2.45) is 0 Å². The molecule has 1 aromatic carbocycles. The number of anilines is 1. The van der Waals surface area contributed by atoms with Crippen molar-refractivity contribution in [3.63, 3.8) is 0 Å². The molecule has 29 heavy (non-hydrogen) atoms. The Hall–Kier alpha value is -2.84. The summed E-state index contributed by atoms with van der Waals surface area (Å²) < 4.78 is 18.5. The fourth-order valence-electron chi connectivity index (χ4n) is 3.12. The average molecular weight is 412 g/mol. The van der Waals surface area contributed by atoms with Gasteiger partial charge in [0.15, 0.2) is 0 Å². The first-order chi connectivity index (χ1) is 14.1. The number of hydrogen-bond acceptors (Lipinski definition) is 6. The van der Waals surface area contributed by atoms with Crippen LogP contribution in [0.5, 0.6) is 0 Å². The number of amides is 1. The lowest BCUT2D eigenvalue weighted by Gasteiger charge is -2.28. The van der Waals surface area contributed by atoms with E-state index in [1.54, 1.807) is 25.3 Å². The molecule has 0 radical (unpaired) electrons. The molecule has 0 unspecified atom stereocenters. The van der Waals surface area contributed by atoms with Gasteiger partial charge in [0.1, 0.15) is 21.5 Å². The largest absolute Gasteiger partial charge is 0.378 e. The molecular weight excluding hydrogens is 391 g/mol. The Balaban J connectivity index is 1.43. The van der Waals surface area contributed by atoms with E-state index >= 15 is 0 Å². The van der Waals surface area contributed by atoms with Crippen molar-refractivity contribution in [3.8, 4) is 10.6 Å². The molecule has 150 valence electrons. The van der Waals surface area contributed by atoms with Crippen LogP contribution in [0.1, 0.15) is 20.9 Å². The first-order valence-electron chi connectivity index (χ1n) is 9.39. The predicted octanol–water partition coefficient (Wildman–Crippen LogP) is 3.42. The summed E-state index contributed by atoms with van der Waals surface area (Å²) in [4.78, 5) is 24.3. The van der Waals surface area contributed by atoms with Gasteiger partial charge in [-0.2, -0.15) is 0 Å². The number of thiazole rings is 1. The van der Waals surface area contributed by atoms with Gasteiger partial charge >= 0.3 is 0 Å². The molecule has 0 saturated carbocycles. The number of pyridine rings is 1.